The van der Waals surface area contributed by atoms with Gasteiger partial charge in [-0.3, -0.25) is 9.78 Å². The molecular formula is C29H41FN4O2. The van der Waals surface area contributed by atoms with Crippen molar-refractivity contribution in [2.45, 2.75) is 53.4 Å². The number of benzene rings is 1. The second-order valence-corrected chi connectivity index (χ2v) is 8.66. The van der Waals surface area contributed by atoms with Crippen LogP contribution in [0.3, 0.4) is 0 Å². The lowest BCUT2D eigenvalue weighted by molar-refractivity contribution is -0.115. The number of rotatable bonds is 5. The van der Waals surface area contributed by atoms with Crippen molar-refractivity contribution in [2.24, 2.45) is 5.92 Å². The molecule has 1 amide bonds. The van der Waals surface area contributed by atoms with Gasteiger partial charge in [0.1, 0.15) is 17.9 Å². The number of hydrogen-bond acceptors (Lipinski definition) is 5. The van der Waals surface area contributed by atoms with Gasteiger partial charge in [-0.1, -0.05) is 39.0 Å². The molecule has 0 aliphatic carbocycles. The number of nitrogens with one attached hydrogen (secondary N) is 2. The van der Waals surface area contributed by atoms with Crippen LogP contribution in [-0.4, -0.2) is 41.7 Å². The first-order valence-electron chi connectivity index (χ1n) is 12.8. The number of likely N-dealkylation sites (tertiary alicyclic amines) is 1. The van der Waals surface area contributed by atoms with Crippen molar-refractivity contribution < 1.29 is 15.4 Å². The van der Waals surface area contributed by atoms with E-state index in [1.165, 1.54) is 38.3 Å². The van der Waals surface area contributed by atoms with Gasteiger partial charge in [-0.15, -0.1) is 0 Å². The highest BCUT2D eigenvalue weighted by atomic mass is 19.1. The molecule has 0 radical (unpaired) electrons. The van der Waals surface area contributed by atoms with Gasteiger partial charge in [0.15, 0.2) is 0 Å². The van der Waals surface area contributed by atoms with Gasteiger partial charge in [0.05, 0.1) is 17.6 Å². The Labute approximate surface area is 216 Å². The van der Waals surface area contributed by atoms with Gasteiger partial charge in [-0.25, -0.2) is 4.39 Å². The van der Waals surface area contributed by atoms with Gasteiger partial charge in [-0.2, -0.15) is 0 Å². The van der Waals surface area contributed by atoms with E-state index in [4.69, 9.17) is 4.79 Å². The molecule has 2 N–H and O–H groups in total. The van der Waals surface area contributed by atoms with Crippen molar-refractivity contribution in [2.75, 3.05) is 25.0 Å². The monoisotopic (exact) mass is 496 g/mol. The minimum absolute atomic E-state index is 0. The van der Waals surface area contributed by atoms with E-state index in [1.54, 1.807) is 30.5 Å². The third kappa shape index (κ3) is 9.29. The number of dihydropyridines is 1. The first kappa shape index (κ1) is 28.8. The lowest BCUT2D eigenvalue weighted by Crippen LogP contribution is -2.35. The number of aromatic nitrogens is 1. The Morgan fingerprint density at radius 2 is 2.00 bits per heavy atom. The number of carbonyl (C=O) groups is 2. The maximum atomic E-state index is 13.4. The number of carbonyl (C=O) groups excluding carboxylic acids is 2. The zero-order valence-corrected chi connectivity index (χ0v) is 21.9. The molecule has 1 unspecified atom stereocenters. The molecule has 1 aromatic carbocycles. The summed E-state index contributed by atoms with van der Waals surface area (Å²) in [5.41, 5.74) is 3.05. The molecule has 2 aliphatic rings. The first-order valence-corrected chi connectivity index (χ1v) is 12.8. The molecule has 2 aromatic rings. The summed E-state index contributed by atoms with van der Waals surface area (Å²) in [5, 5.41) is 6.37. The van der Waals surface area contributed by atoms with Crippen molar-refractivity contribution in [3.8, 4) is 11.3 Å². The van der Waals surface area contributed by atoms with E-state index in [1.807, 2.05) is 13.8 Å². The molecular weight excluding hydrogens is 455 g/mol. The van der Waals surface area contributed by atoms with Crippen molar-refractivity contribution >= 4 is 17.9 Å². The summed E-state index contributed by atoms with van der Waals surface area (Å²) in [7, 11) is 0. The van der Waals surface area contributed by atoms with Gasteiger partial charge in [0.25, 0.3) is 0 Å². The van der Waals surface area contributed by atoms with E-state index in [2.05, 4.69) is 39.6 Å². The van der Waals surface area contributed by atoms with Gasteiger partial charge in [0.2, 0.25) is 5.91 Å². The molecule has 3 heterocycles. The number of allylic oxidation sites excluding steroid dienone is 2. The normalized spacial score (nSPS) is 16.9. The summed E-state index contributed by atoms with van der Waals surface area (Å²) in [6.45, 7) is 10.6. The minimum Gasteiger partial charge on any atom is -0.368 e. The van der Waals surface area contributed by atoms with Crippen LogP contribution in [0.5, 0.6) is 0 Å². The van der Waals surface area contributed by atoms with Crippen LogP contribution in [0.2, 0.25) is 0 Å². The van der Waals surface area contributed by atoms with Crippen molar-refractivity contribution in [3.63, 3.8) is 0 Å². The van der Waals surface area contributed by atoms with E-state index in [-0.39, 0.29) is 13.2 Å². The number of halogens is 1. The Hall–Kier alpha value is -3.48. The lowest BCUT2D eigenvalue weighted by Gasteiger charge is -2.29. The van der Waals surface area contributed by atoms with Gasteiger partial charge >= 0.3 is 0 Å². The Bertz CT molecular complexity index is 1040. The van der Waals surface area contributed by atoms with E-state index in [0.717, 1.165) is 36.7 Å². The Kier molecular flexibility index (Phi) is 12.4. The second-order valence-electron chi connectivity index (χ2n) is 8.66. The van der Waals surface area contributed by atoms with Gasteiger partial charge in [-0.05, 0) is 68.0 Å². The predicted octanol–water partition coefficient (Wildman–Crippen LogP) is 6.19. The third-order valence-corrected chi connectivity index (χ3v) is 5.89. The molecule has 4 rings (SSSR count). The first-order chi connectivity index (χ1) is 17.5. The summed E-state index contributed by atoms with van der Waals surface area (Å²) in [6.07, 6.45) is 10.6. The summed E-state index contributed by atoms with van der Waals surface area (Å²) in [5.74, 6) is 1.58. The van der Waals surface area contributed by atoms with Crippen LogP contribution in [0.4, 0.5) is 10.1 Å². The number of aldehydes is 1. The summed E-state index contributed by atoms with van der Waals surface area (Å²) >= 11 is 0. The Morgan fingerprint density at radius 1 is 1.22 bits per heavy atom. The van der Waals surface area contributed by atoms with E-state index in [0.29, 0.717) is 29.9 Å². The van der Waals surface area contributed by atoms with Crippen LogP contribution < -0.4 is 10.6 Å². The van der Waals surface area contributed by atoms with Crippen LogP contribution in [0.1, 0.15) is 54.8 Å². The number of pyridine rings is 1. The maximum Gasteiger partial charge on any atom is 0.228 e. The van der Waals surface area contributed by atoms with Gasteiger partial charge in [0, 0.05) is 33.0 Å². The third-order valence-electron chi connectivity index (χ3n) is 5.89. The molecule has 1 aromatic heterocycles. The molecule has 0 bridgehead atoms. The summed E-state index contributed by atoms with van der Waals surface area (Å²) < 4.78 is 13.4. The standard InChI is InChI=1S/C25H29FN4O.C2H4O.C2H6.H2/c1-18-4-3-12-30(13-11-18)24-10-7-19(16-28-24)14-25(31)29-22-8-9-23(27-17-22)20-5-2-6-21(26)15-20;1-2-3;1-2;/h2,5-10,15,17-18,28H,3-4,11-14,16H2,1H3,(H,29,31);2H,1H3;1-2H3;1H. The predicted molar refractivity (Wildman–Crippen MR) is 147 cm³/mol. The summed E-state index contributed by atoms with van der Waals surface area (Å²) in [6, 6.07) is 9.87. The molecule has 1 atom stereocenters. The van der Waals surface area contributed by atoms with Crippen molar-refractivity contribution in [3.05, 3.63) is 72.0 Å². The zero-order valence-electron chi connectivity index (χ0n) is 21.9. The van der Waals surface area contributed by atoms with Crippen molar-refractivity contribution in [1.29, 1.82) is 0 Å². The van der Waals surface area contributed by atoms with E-state index < -0.39 is 0 Å². The fourth-order valence-corrected chi connectivity index (χ4v) is 4.06. The zero-order chi connectivity index (χ0) is 26.3. The quantitative estimate of drug-likeness (QED) is 0.483. The van der Waals surface area contributed by atoms with Crippen LogP contribution >= 0.6 is 0 Å². The Morgan fingerprint density at radius 3 is 2.64 bits per heavy atom. The van der Waals surface area contributed by atoms with E-state index >= 15 is 0 Å². The molecule has 6 nitrogen and oxygen atoms in total. The average molecular weight is 497 g/mol. The van der Waals surface area contributed by atoms with E-state index in [9.17, 15) is 9.18 Å². The lowest BCUT2D eigenvalue weighted by atomic mass is 10.0. The highest BCUT2D eigenvalue weighted by Gasteiger charge is 2.18. The van der Waals surface area contributed by atoms with Crippen LogP contribution in [0.15, 0.2) is 66.1 Å². The Balaban J connectivity index is 0.00000106. The minimum atomic E-state index is -0.298. The molecule has 2 aliphatic heterocycles. The van der Waals surface area contributed by atoms with Crippen LogP contribution in [0, 0.1) is 11.7 Å². The smallest absolute Gasteiger partial charge is 0.228 e. The molecule has 0 spiro atoms. The molecule has 1 fully saturated rings. The molecule has 7 heteroatoms. The second kappa shape index (κ2) is 15.5. The number of hydrogen-bond donors (Lipinski definition) is 2. The highest BCUT2D eigenvalue weighted by Crippen LogP contribution is 2.22. The fourth-order valence-electron chi connectivity index (χ4n) is 4.06. The van der Waals surface area contributed by atoms with Gasteiger partial charge < -0.3 is 20.3 Å². The topological polar surface area (TPSA) is 74.3 Å². The van der Waals surface area contributed by atoms with Crippen molar-refractivity contribution in [1.82, 2.24) is 15.2 Å². The largest absolute Gasteiger partial charge is 0.368 e. The molecule has 0 saturated carbocycles. The highest BCUT2D eigenvalue weighted by molar-refractivity contribution is 5.92. The number of nitrogens with zero attached hydrogens (tertiary/aromatic N) is 2. The number of anilines is 1. The average Bonchev–Trinajstić information content (AvgIpc) is 3.11. The van der Waals surface area contributed by atoms with Crippen LogP contribution in [0.25, 0.3) is 11.3 Å². The fraction of sp³-hybridized carbons (Fsp3) is 0.414. The van der Waals surface area contributed by atoms with Crippen LogP contribution in [-0.2, 0) is 9.59 Å². The molecule has 196 valence electrons. The number of amides is 1. The molecule has 36 heavy (non-hydrogen) atoms. The maximum absolute atomic E-state index is 13.4. The molecule has 1 saturated heterocycles. The SMILES string of the molecule is CC.CC1CCCN(C2=CC=C(CC(=O)Nc3ccc(-c4cccc(F)c4)nc3)CN2)CC1.CC=O.[HH]. The summed E-state index contributed by atoms with van der Waals surface area (Å²) in [4.78, 5) is 28.0.